The largest absolute Gasteiger partial charge is 0.491 e. The van der Waals surface area contributed by atoms with Crippen LogP contribution in [0.1, 0.15) is 45.0 Å². The summed E-state index contributed by atoms with van der Waals surface area (Å²) in [6.45, 7) is 11.3. The highest BCUT2D eigenvalue weighted by Crippen LogP contribution is 2.34. The Morgan fingerprint density at radius 3 is 1.86 bits per heavy atom. The quantitative estimate of drug-likeness (QED) is 0.587. The van der Waals surface area contributed by atoms with Gasteiger partial charge in [-0.2, -0.15) is 0 Å². The van der Waals surface area contributed by atoms with Gasteiger partial charge in [-0.15, -0.1) is 0 Å². The molecule has 1 aromatic rings. The third-order valence-corrected chi connectivity index (χ3v) is 2.76. The van der Waals surface area contributed by atoms with E-state index in [2.05, 4.69) is 0 Å². The number of ether oxygens (including phenoxy) is 3. The van der Waals surface area contributed by atoms with Crippen LogP contribution < -0.4 is 15.2 Å². The van der Waals surface area contributed by atoms with Crippen LogP contribution in [0.25, 0.3) is 0 Å². The number of hydrogen-bond donors (Lipinski definition) is 1. The van der Waals surface area contributed by atoms with E-state index in [-0.39, 0.29) is 0 Å². The number of nitrogens with two attached hydrogens (primary N) is 1. The predicted octanol–water partition coefficient (Wildman–Crippen LogP) is 3.52. The summed E-state index contributed by atoms with van der Waals surface area (Å²) < 4.78 is 16.4. The van der Waals surface area contributed by atoms with Crippen molar-refractivity contribution in [2.24, 2.45) is 11.8 Å². The molecule has 0 bridgehead atoms. The maximum Gasteiger partial charge on any atom is 0.338 e. The van der Waals surface area contributed by atoms with Gasteiger partial charge in [-0.3, -0.25) is 0 Å². The molecule has 0 heterocycles. The highest BCUT2D eigenvalue weighted by atomic mass is 16.5. The van der Waals surface area contributed by atoms with Crippen LogP contribution in [0, 0.1) is 11.8 Å². The molecule has 0 fully saturated rings. The molecule has 22 heavy (non-hydrogen) atoms. The topological polar surface area (TPSA) is 70.8 Å². The lowest BCUT2D eigenvalue weighted by Crippen LogP contribution is -2.12. The molecule has 124 valence electrons. The van der Waals surface area contributed by atoms with E-state index in [0.717, 1.165) is 0 Å². The lowest BCUT2D eigenvalue weighted by atomic mass is 10.1. The van der Waals surface area contributed by atoms with Crippen molar-refractivity contribution in [1.29, 1.82) is 0 Å². The van der Waals surface area contributed by atoms with Gasteiger partial charge < -0.3 is 19.9 Å². The zero-order valence-corrected chi connectivity index (χ0v) is 14.1. The van der Waals surface area contributed by atoms with Crippen LogP contribution in [0.15, 0.2) is 12.1 Å². The Bertz CT molecular complexity index is 464. The molecular weight excluding hydrogens is 282 g/mol. The molecule has 2 N–H and O–H groups in total. The zero-order valence-electron chi connectivity index (χ0n) is 14.1. The standard InChI is InChI=1S/C17H27NO4/c1-6-20-17(19)13-7-14(21-9-11(2)3)16(18)15(8-13)22-10-12(4)5/h7-8,11-12H,6,9-10,18H2,1-5H3. The van der Waals surface area contributed by atoms with Gasteiger partial charge in [-0.25, -0.2) is 4.79 Å². The van der Waals surface area contributed by atoms with Crippen molar-refractivity contribution in [1.82, 2.24) is 0 Å². The van der Waals surface area contributed by atoms with Crippen molar-refractivity contribution in [2.45, 2.75) is 34.6 Å². The minimum Gasteiger partial charge on any atom is -0.491 e. The molecule has 0 aliphatic heterocycles. The highest BCUT2D eigenvalue weighted by Gasteiger charge is 2.16. The lowest BCUT2D eigenvalue weighted by molar-refractivity contribution is 0.0525. The van der Waals surface area contributed by atoms with Crippen LogP contribution >= 0.6 is 0 Å². The molecule has 0 unspecified atom stereocenters. The fourth-order valence-electron chi connectivity index (χ4n) is 1.69. The first-order chi connectivity index (χ1) is 10.3. The minimum absolute atomic E-state index is 0.313. The molecule has 0 aliphatic rings. The fourth-order valence-corrected chi connectivity index (χ4v) is 1.69. The first-order valence-corrected chi connectivity index (χ1v) is 7.71. The Morgan fingerprint density at radius 2 is 1.50 bits per heavy atom. The van der Waals surface area contributed by atoms with Crippen LogP contribution in [0.3, 0.4) is 0 Å². The minimum atomic E-state index is -0.411. The summed E-state index contributed by atoms with van der Waals surface area (Å²) in [6, 6.07) is 3.22. The second-order valence-electron chi connectivity index (χ2n) is 6.02. The van der Waals surface area contributed by atoms with E-state index in [1.807, 2.05) is 27.7 Å². The summed E-state index contributed by atoms with van der Waals surface area (Å²) in [5, 5.41) is 0. The summed E-state index contributed by atoms with van der Waals surface area (Å²) >= 11 is 0. The molecule has 0 aliphatic carbocycles. The average Bonchev–Trinajstić information content (AvgIpc) is 2.44. The molecule has 0 amide bonds. The average molecular weight is 309 g/mol. The number of hydrogen-bond acceptors (Lipinski definition) is 5. The Kier molecular flexibility index (Phi) is 7.02. The molecule has 0 saturated carbocycles. The van der Waals surface area contributed by atoms with E-state index in [4.69, 9.17) is 19.9 Å². The normalized spacial score (nSPS) is 10.9. The summed E-state index contributed by atoms with van der Waals surface area (Å²) in [7, 11) is 0. The van der Waals surface area contributed by atoms with Crippen LogP contribution in [0.2, 0.25) is 0 Å². The third-order valence-electron chi connectivity index (χ3n) is 2.76. The second kappa shape index (κ2) is 8.51. The van der Waals surface area contributed by atoms with Gasteiger partial charge in [-0.1, -0.05) is 27.7 Å². The Hall–Kier alpha value is -1.91. The maximum atomic E-state index is 12.0. The van der Waals surface area contributed by atoms with E-state index < -0.39 is 5.97 Å². The van der Waals surface area contributed by atoms with Crippen molar-refractivity contribution < 1.29 is 19.0 Å². The number of rotatable bonds is 8. The van der Waals surface area contributed by atoms with Gasteiger partial charge in [0.15, 0.2) is 0 Å². The Labute approximate surface area is 132 Å². The van der Waals surface area contributed by atoms with E-state index in [0.29, 0.717) is 54.4 Å². The number of carbonyl (C=O) groups is 1. The molecule has 0 radical (unpaired) electrons. The van der Waals surface area contributed by atoms with Gasteiger partial charge in [0.25, 0.3) is 0 Å². The summed E-state index contributed by atoms with van der Waals surface area (Å²) in [5.41, 5.74) is 6.89. The maximum absolute atomic E-state index is 12.0. The van der Waals surface area contributed by atoms with Gasteiger partial charge in [0.2, 0.25) is 0 Å². The zero-order chi connectivity index (χ0) is 16.7. The van der Waals surface area contributed by atoms with Crippen LogP contribution in [-0.2, 0) is 4.74 Å². The predicted molar refractivity (Wildman–Crippen MR) is 87.5 cm³/mol. The van der Waals surface area contributed by atoms with E-state index in [1.165, 1.54) is 0 Å². The molecule has 5 nitrogen and oxygen atoms in total. The Balaban J connectivity index is 3.09. The molecule has 1 aromatic carbocycles. The first-order valence-electron chi connectivity index (χ1n) is 7.71. The van der Waals surface area contributed by atoms with Crippen molar-refractivity contribution in [2.75, 3.05) is 25.6 Å². The SMILES string of the molecule is CCOC(=O)c1cc(OCC(C)C)c(N)c(OCC(C)C)c1. The highest BCUT2D eigenvalue weighted by molar-refractivity contribution is 5.92. The smallest absolute Gasteiger partial charge is 0.338 e. The molecule has 0 saturated heterocycles. The van der Waals surface area contributed by atoms with E-state index in [9.17, 15) is 4.79 Å². The molecule has 0 spiro atoms. The van der Waals surface area contributed by atoms with Gasteiger partial charge in [0, 0.05) is 0 Å². The Morgan fingerprint density at radius 1 is 1.05 bits per heavy atom. The van der Waals surface area contributed by atoms with Gasteiger partial charge in [0.1, 0.15) is 17.2 Å². The first kappa shape index (κ1) is 18.1. The van der Waals surface area contributed by atoms with E-state index >= 15 is 0 Å². The monoisotopic (exact) mass is 309 g/mol. The number of esters is 1. The molecule has 0 aromatic heterocycles. The number of carbonyl (C=O) groups excluding carboxylic acids is 1. The van der Waals surface area contributed by atoms with Crippen molar-refractivity contribution in [3.8, 4) is 11.5 Å². The number of nitrogen functional groups attached to an aromatic ring is 1. The van der Waals surface area contributed by atoms with Gasteiger partial charge >= 0.3 is 5.97 Å². The van der Waals surface area contributed by atoms with Crippen LogP contribution in [0.4, 0.5) is 5.69 Å². The lowest BCUT2D eigenvalue weighted by Gasteiger charge is -2.17. The second-order valence-corrected chi connectivity index (χ2v) is 6.02. The van der Waals surface area contributed by atoms with Crippen LogP contribution in [-0.4, -0.2) is 25.8 Å². The molecule has 1 rings (SSSR count). The van der Waals surface area contributed by atoms with E-state index in [1.54, 1.807) is 19.1 Å². The van der Waals surface area contributed by atoms with Crippen molar-refractivity contribution in [3.63, 3.8) is 0 Å². The van der Waals surface area contributed by atoms with Crippen LogP contribution in [0.5, 0.6) is 11.5 Å². The third kappa shape index (κ3) is 5.47. The summed E-state index contributed by atoms with van der Waals surface area (Å²) in [6.07, 6.45) is 0. The molecule has 0 atom stereocenters. The number of anilines is 1. The fraction of sp³-hybridized carbons (Fsp3) is 0.588. The summed E-state index contributed by atoms with van der Waals surface area (Å²) in [5.74, 6) is 1.21. The van der Waals surface area contributed by atoms with Gasteiger partial charge in [0.05, 0.1) is 25.4 Å². The van der Waals surface area contributed by atoms with Crippen molar-refractivity contribution >= 4 is 11.7 Å². The molecule has 5 heteroatoms. The number of benzene rings is 1. The molecular formula is C17H27NO4. The van der Waals surface area contributed by atoms with Gasteiger partial charge in [-0.05, 0) is 30.9 Å². The summed E-state index contributed by atoms with van der Waals surface area (Å²) in [4.78, 5) is 12.0. The van der Waals surface area contributed by atoms with Crippen molar-refractivity contribution in [3.05, 3.63) is 17.7 Å².